The summed E-state index contributed by atoms with van der Waals surface area (Å²) in [5, 5.41) is 8.74. The Labute approximate surface area is 172 Å². The molecule has 1 nitrogen and oxygen atoms in total. The molecule has 1 heteroatoms. The Hall–Kier alpha value is -0.0400. The van der Waals surface area contributed by atoms with Gasteiger partial charge in [-0.1, -0.05) is 148 Å². The summed E-state index contributed by atoms with van der Waals surface area (Å²) in [6, 6.07) is 0. The van der Waals surface area contributed by atoms with Crippen molar-refractivity contribution in [2.75, 3.05) is 6.61 Å². The molecule has 27 heavy (non-hydrogen) atoms. The molecule has 1 fully saturated rings. The first-order chi connectivity index (χ1) is 13.4. The molecule has 162 valence electrons. The highest BCUT2D eigenvalue weighted by Crippen LogP contribution is 2.29. The minimum Gasteiger partial charge on any atom is -0.396 e. The average Bonchev–Trinajstić information content (AvgIpc) is 3.20. The first-order valence-electron chi connectivity index (χ1n) is 13.0. The zero-order valence-corrected chi connectivity index (χ0v) is 18.7. The fraction of sp³-hybridized carbons (Fsp3) is 1.00. The van der Waals surface area contributed by atoms with Crippen LogP contribution in [0.15, 0.2) is 0 Å². The largest absolute Gasteiger partial charge is 0.396 e. The Bertz CT molecular complexity index is 269. The summed E-state index contributed by atoms with van der Waals surface area (Å²) in [5.41, 5.74) is 0. The van der Waals surface area contributed by atoms with Gasteiger partial charge in [-0.05, 0) is 12.3 Å². The lowest BCUT2D eigenvalue weighted by Gasteiger charge is -2.08. The van der Waals surface area contributed by atoms with E-state index in [0.29, 0.717) is 6.61 Å². The summed E-state index contributed by atoms with van der Waals surface area (Å²) in [5.74, 6) is 1.10. The van der Waals surface area contributed by atoms with Gasteiger partial charge in [-0.3, -0.25) is 0 Å². The molecule has 0 atom stereocenters. The van der Waals surface area contributed by atoms with Crippen molar-refractivity contribution in [1.82, 2.24) is 0 Å². The molecule has 0 aliphatic heterocycles. The third-order valence-electron chi connectivity index (χ3n) is 6.75. The van der Waals surface area contributed by atoms with E-state index in [1.54, 1.807) is 0 Å². The number of rotatable bonds is 21. The molecule has 1 saturated carbocycles. The Kier molecular flexibility index (Phi) is 19.2. The van der Waals surface area contributed by atoms with Crippen LogP contribution < -0.4 is 0 Å². The number of hydrogen-bond donors (Lipinski definition) is 1. The second-order valence-electron chi connectivity index (χ2n) is 9.38. The Morgan fingerprint density at radius 3 is 1.04 bits per heavy atom. The third kappa shape index (κ3) is 17.8. The van der Waals surface area contributed by atoms with Crippen molar-refractivity contribution in [2.45, 2.75) is 154 Å². The Morgan fingerprint density at radius 1 is 0.407 bits per heavy atom. The maximum Gasteiger partial charge on any atom is 0.0431 e. The molecule has 0 aromatic heterocycles. The van der Waals surface area contributed by atoms with Gasteiger partial charge in [-0.15, -0.1) is 0 Å². The van der Waals surface area contributed by atoms with Crippen molar-refractivity contribution in [3.8, 4) is 0 Å². The molecule has 0 aromatic rings. The molecule has 1 N–H and O–H groups in total. The van der Waals surface area contributed by atoms with E-state index in [1.807, 2.05) is 0 Å². The minimum absolute atomic E-state index is 0.375. The predicted molar refractivity (Wildman–Crippen MR) is 121 cm³/mol. The molecular weight excluding hydrogens is 328 g/mol. The van der Waals surface area contributed by atoms with Crippen molar-refractivity contribution < 1.29 is 5.11 Å². The molecule has 1 aliphatic carbocycles. The number of hydrogen-bond acceptors (Lipinski definition) is 1. The predicted octanol–water partition coefficient (Wildman–Crippen LogP) is 8.97. The topological polar surface area (TPSA) is 20.2 Å². The Morgan fingerprint density at radius 2 is 0.704 bits per heavy atom. The molecule has 0 bridgehead atoms. The molecule has 0 radical (unpaired) electrons. The standard InChI is InChI=1S/C26H52O/c27-25-21-17-15-13-11-9-7-5-3-1-2-4-6-8-10-12-14-16-18-22-26-23-19-20-24-26/h26-27H,1-25H2. The van der Waals surface area contributed by atoms with Crippen LogP contribution in [0.25, 0.3) is 0 Å². The smallest absolute Gasteiger partial charge is 0.0431 e. The van der Waals surface area contributed by atoms with Gasteiger partial charge in [0.1, 0.15) is 0 Å². The molecule has 0 aromatic carbocycles. The van der Waals surface area contributed by atoms with Crippen LogP contribution in [0.4, 0.5) is 0 Å². The van der Waals surface area contributed by atoms with Crippen molar-refractivity contribution in [3.63, 3.8) is 0 Å². The summed E-state index contributed by atoms with van der Waals surface area (Å²) in [4.78, 5) is 0. The lowest BCUT2D eigenvalue weighted by atomic mass is 9.98. The number of aliphatic hydroxyl groups is 1. The van der Waals surface area contributed by atoms with E-state index >= 15 is 0 Å². The molecule has 0 spiro atoms. The minimum atomic E-state index is 0.375. The van der Waals surface area contributed by atoms with E-state index in [2.05, 4.69) is 0 Å². The number of unbranched alkanes of at least 4 members (excludes halogenated alkanes) is 18. The van der Waals surface area contributed by atoms with Crippen molar-refractivity contribution in [2.24, 2.45) is 5.92 Å². The van der Waals surface area contributed by atoms with Gasteiger partial charge < -0.3 is 5.11 Å². The molecule has 0 heterocycles. The van der Waals surface area contributed by atoms with Crippen LogP contribution in [0.5, 0.6) is 0 Å². The highest BCUT2D eigenvalue weighted by atomic mass is 16.2. The van der Waals surface area contributed by atoms with Gasteiger partial charge in [0.15, 0.2) is 0 Å². The molecular formula is C26H52O. The van der Waals surface area contributed by atoms with Gasteiger partial charge in [0.2, 0.25) is 0 Å². The molecule has 0 amide bonds. The van der Waals surface area contributed by atoms with Crippen molar-refractivity contribution >= 4 is 0 Å². The normalized spacial score (nSPS) is 15.0. The van der Waals surface area contributed by atoms with Crippen LogP contribution in [0.2, 0.25) is 0 Å². The maximum atomic E-state index is 8.74. The van der Waals surface area contributed by atoms with Crippen LogP contribution in [-0.2, 0) is 0 Å². The zero-order valence-electron chi connectivity index (χ0n) is 18.7. The maximum absolute atomic E-state index is 8.74. The van der Waals surface area contributed by atoms with Crippen LogP contribution in [0, 0.1) is 5.92 Å². The summed E-state index contributed by atoms with van der Waals surface area (Å²) in [6.45, 7) is 0.375. The first-order valence-corrected chi connectivity index (χ1v) is 13.0. The molecule has 1 rings (SSSR count). The highest BCUT2D eigenvalue weighted by Gasteiger charge is 2.13. The second kappa shape index (κ2) is 20.7. The van der Waals surface area contributed by atoms with Crippen LogP contribution in [0.1, 0.15) is 154 Å². The molecule has 0 unspecified atom stereocenters. The van der Waals surface area contributed by atoms with E-state index in [1.165, 1.54) is 148 Å². The SMILES string of the molecule is OCCCCCCCCCCCCCCCCCCCCCC1CCCC1. The average molecular weight is 381 g/mol. The van der Waals surface area contributed by atoms with Crippen molar-refractivity contribution in [1.29, 1.82) is 0 Å². The van der Waals surface area contributed by atoms with Gasteiger partial charge in [-0.25, -0.2) is 0 Å². The monoisotopic (exact) mass is 380 g/mol. The third-order valence-corrected chi connectivity index (χ3v) is 6.75. The van der Waals surface area contributed by atoms with Crippen LogP contribution in [-0.4, -0.2) is 11.7 Å². The fourth-order valence-electron chi connectivity index (χ4n) is 4.85. The van der Waals surface area contributed by atoms with E-state index in [0.717, 1.165) is 12.3 Å². The van der Waals surface area contributed by atoms with Gasteiger partial charge in [0.25, 0.3) is 0 Å². The summed E-state index contributed by atoms with van der Waals surface area (Å²) in [6.07, 6.45) is 34.6. The highest BCUT2D eigenvalue weighted by molar-refractivity contribution is 4.67. The quantitative estimate of drug-likeness (QED) is 0.197. The van der Waals surface area contributed by atoms with Gasteiger partial charge in [0, 0.05) is 6.61 Å². The van der Waals surface area contributed by atoms with E-state index in [4.69, 9.17) is 5.11 Å². The summed E-state index contributed by atoms with van der Waals surface area (Å²) in [7, 11) is 0. The molecule has 1 aliphatic rings. The van der Waals surface area contributed by atoms with Gasteiger partial charge in [0.05, 0.1) is 0 Å². The van der Waals surface area contributed by atoms with Crippen LogP contribution in [0.3, 0.4) is 0 Å². The van der Waals surface area contributed by atoms with E-state index in [-0.39, 0.29) is 0 Å². The molecule has 0 saturated heterocycles. The van der Waals surface area contributed by atoms with Crippen molar-refractivity contribution in [3.05, 3.63) is 0 Å². The lowest BCUT2D eigenvalue weighted by Crippen LogP contribution is -1.92. The second-order valence-corrected chi connectivity index (χ2v) is 9.38. The van der Waals surface area contributed by atoms with E-state index in [9.17, 15) is 0 Å². The summed E-state index contributed by atoms with van der Waals surface area (Å²) < 4.78 is 0. The van der Waals surface area contributed by atoms with Crippen LogP contribution >= 0.6 is 0 Å². The zero-order chi connectivity index (χ0) is 19.3. The van der Waals surface area contributed by atoms with E-state index < -0.39 is 0 Å². The Balaban J connectivity index is 1.62. The summed E-state index contributed by atoms with van der Waals surface area (Å²) >= 11 is 0. The van der Waals surface area contributed by atoms with Gasteiger partial charge in [-0.2, -0.15) is 0 Å². The lowest BCUT2D eigenvalue weighted by molar-refractivity contribution is 0.282. The number of aliphatic hydroxyl groups excluding tert-OH is 1. The fourth-order valence-corrected chi connectivity index (χ4v) is 4.85. The first kappa shape index (κ1) is 25.0. The van der Waals surface area contributed by atoms with Gasteiger partial charge >= 0.3 is 0 Å².